The SMILES string of the molecule is O=C(Cc1ccccc1F)NN=Cc1cc(C(F)(F)F)ccc1S(=O)(=O)Oc1ccccc1. The van der Waals surface area contributed by atoms with E-state index in [2.05, 4.69) is 5.10 Å². The van der Waals surface area contributed by atoms with Crippen LogP contribution in [0.25, 0.3) is 0 Å². The lowest BCUT2D eigenvalue weighted by molar-refractivity contribution is -0.137. The molecule has 0 spiro atoms. The molecule has 3 rings (SSSR count). The summed E-state index contributed by atoms with van der Waals surface area (Å²) in [5.41, 5.74) is 0.537. The number of para-hydroxylation sites is 1. The molecule has 0 bridgehead atoms. The number of carbonyl (C=O) groups excluding carboxylic acids is 1. The van der Waals surface area contributed by atoms with Gasteiger partial charge in [-0.3, -0.25) is 4.79 Å². The Bertz CT molecular complexity index is 1280. The second-order valence-electron chi connectivity index (χ2n) is 6.66. The fourth-order valence-electron chi connectivity index (χ4n) is 2.73. The zero-order valence-corrected chi connectivity index (χ0v) is 17.5. The standard InChI is InChI=1S/C22H16F4N2O4S/c23-19-9-5-4-6-15(19)13-21(29)28-27-14-16-12-17(22(24,25)26)10-11-20(16)33(30,31)32-18-7-2-1-3-8-18/h1-12,14H,13H2,(H,28,29). The fourth-order valence-corrected chi connectivity index (χ4v) is 3.82. The van der Waals surface area contributed by atoms with Crippen molar-refractivity contribution >= 4 is 22.2 Å². The molecule has 0 heterocycles. The molecule has 0 fully saturated rings. The molecule has 0 unspecified atom stereocenters. The fraction of sp³-hybridized carbons (Fsp3) is 0.0909. The van der Waals surface area contributed by atoms with Crippen LogP contribution in [0.3, 0.4) is 0 Å². The molecule has 0 aromatic heterocycles. The van der Waals surface area contributed by atoms with Gasteiger partial charge >= 0.3 is 16.3 Å². The number of rotatable bonds is 7. The van der Waals surface area contributed by atoms with Gasteiger partial charge in [-0.15, -0.1) is 0 Å². The zero-order chi connectivity index (χ0) is 24.1. The maximum absolute atomic E-state index is 13.7. The molecule has 0 aliphatic rings. The van der Waals surface area contributed by atoms with E-state index in [0.29, 0.717) is 12.1 Å². The van der Waals surface area contributed by atoms with Gasteiger partial charge in [0.05, 0.1) is 18.2 Å². The highest BCUT2D eigenvalue weighted by Crippen LogP contribution is 2.32. The number of hydrazone groups is 1. The number of carbonyl (C=O) groups is 1. The Labute approximate surface area is 186 Å². The highest BCUT2D eigenvalue weighted by atomic mass is 32.2. The van der Waals surface area contributed by atoms with Crippen LogP contribution in [0.15, 0.2) is 82.8 Å². The highest BCUT2D eigenvalue weighted by Gasteiger charge is 2.32. The van der Waals surface area contributed by atoms with Crippen LogP contribution in [0.4, 0.5) is 17.6 Å². The van der Waals surface area contributed by atoms with Crippen molar-refractivity contribution < 1.29 is 35.0 Å². The van der Waals surface area contributed by atoms with E-state index in [-0.39, 0.29) is 17.7 Å². The molecule has 172 valence electrons. The first-order valence-corrected chi connectivity index (χ1v) is 10.7. The first-order valence-electron chi connectivity index (χ1n) is 9.32. The number of nitrogens with one attached hydrogen (secondary N) is 1. The van der Waals surface area contributed by atoms with Gasteiger partial charge in [-0.05, 0) is 42.0 Å². The molecule has 0 radical (unpaired) electrons. The van der Waals surface area contributed by atoms with Crippen LogP contribution in [0.5, 0.6) is 5.75 Å². The largest absolute Gasteiger partial charge is 0.416 e. The van der Waals surface area contributed by atoms with Gasteiger partial charge in [-0.25, -0.2) is 9.82 Å². The minimum atomic E-state index is -4.75. The van der Waals surface area contributed by atoms with Crippen molar-refractivity contribution in [1.29, 1.82) is 0 Å². The summed E-state index contributed by atoms with van der Waals surface area (Å²) in [7, 11) is -4.53. The normalized spacial score (nSPS) is 12.0. The monoisotopic (exact) mass is 480 g/mol. The van der Waals surface area contributed by atoms with Crippen LogP contribution >= 0.6 is 0 Å². The predicted octanol–water partition coefficient (Wildman–Crippen LogP) is 4.31. The molecular weight excluding hydrogens is 464 g/mol. The minimum absolute atomic E-state index is 0.0431. The summed E-state index contributed by atoms with van der Waals surface area (Å²) in [6.45, 7) is 0. The number of halogens is 4. The van der Waals surface area contributed by atoms with Gasteiger partial charge in [0.15, 0.2) is 0 Å². The lowest BCUT2D eigenvalue weighted by Crippen LogP contribution is -2.21. The number of nitrogens with zero attached hydrogens (tertiary/aromatic N) is 1. The van der Waals surface area contributed by atoms with Crippen LogP contribution in [-0.2, 0) is 27.5 Å². The Morgan fingerprint density at radius 3 is 2.33 bits per heavy atom. The maximum Gasteiger partial charge on any atom is 0.416 e. The van der Waals surface area contributed by atoms with Crippen molar-refractivity contribution in [2.24, 2.45) is 5.10 Å². The summed E-state index contributed by atoms with van der Waals surface area (Å²) in [5, 5.41) is 3.54. The average molecular weight is 480 g/mol. The van der Waals surface area contributed by atoms with Crippen molar-refractivity contribution in [2.75, 3.05) is 0 Å². The van der Waals surface area contributed by atoms with Gasteiger partial charge in [0, 0.05) is 5.56 Å². The maximum atomic E-state index is 13.7. The molecule has 0 saturated heterocycles. The van der Waals surface area contributed by atoms with Crippen LogP contribution in [0, 0.1) is 5.82 Å². The number of hydrogen-bond donors (Lipinski definition) is 1. The van der Waals surface area contributed by atoms with Gasteiger partial charge in [0.1, 0.15) is 16.5 Å². The number of amides is 1. The van der Waals surface area contributed by atoms with E-state index in [0.717, 1.165) is 12.3 Å². The molecule has 0 aliphatic heterocycles. The van der Waals surface area contributed by atoms with Crippen molar-refractivity contribution in [2.45, 2.75) is 17.5 Å². The molecule has 1 N–H and O–H groups in total. The van der Waals surface area contributed by atoms with E-state index in [9.17, 15) is 30.8 Å². The Morgan fingerprint density at radius 1 is 1.00 bits per heavy atom. The van der Waals surface area contributed by atoms with Crippen molar-refractivity contribution in [3.8, 4) is 5.75 Å². The summed E-state index contributed by atoms with van der Waals surface area (Å²) in [6.07, 6.45) is -4.39. The van der Waals surface area contributed by atoms with E-state index >= 15 is 0 Å². The Hall–Kier alpha value is -3.73. The lowest BCUT2D eigenvalue weighted by atomic mass is 10.1. The molecule has 11 heteroatoms. The van der Waals surface area contributed by atoms with Crippen LogP contribution < -0.4 is 9.61 Å². The van der Waals surface area contributed by atoms with E-state index in [4.69, 9.17) is 4.18 Å². The van der Waals surface area contributed by atoms with Gasteiger partial charge < -0.3 is 4.18 Å². The lowest BCUT2D eigenvalue weighted by Gasteiger charge is -2.12. The van der Waals surface area contributed by atoms with E-state index in [1.165, 1.54) is 48.5 Å². The smallest absolute Gasteiger partial charge is 0.379 e. The quantitative estimate of drug-likeness (QED) is 0.237. The topological polar surface area (TPSA) is 84.8 Å². The third-order valence-electron chi connectivity index (χ3n) is 4.26. The average Bonchev–Trinajstić information content (AvgIpc) is 2.75. The van der Waals surface area contributed by atoms with E-state index in [1.54, 1.807) is 6.07 Å². The summed E-state index contributed by atoms with van der Waals surface area (Å²) in [5.74, 6) is -1.41. The summed E-state index contributed by atoms with van der Waals surface area (Å²) >= 11 is 0. The molecule has 0 aliphatic carbocycles. The van der Waals surface area contributed by atoms with Crippen LogP contribution in [-0.4, -0.2) is 20.5 Å². The predicted molar refractivity (Wildman–Crippen MR) is 112 cm³/mol. The third kappa shape index (κ3) is 6.39. The number of hydrogen-bond acceptors (Lipinski definition) is 5. The molecule has 33 heavy (non-hydrogen) atoms. The van der Waals surface area contributed by atoms with Gasteiger partial charge in [0.25, 0.3) is 0 Å². The molecule has 0 saturated carbocycles. The highest BCUT2D eigenvalue weighted by molar-refractivity contribution is 7.87. The summed E-state index contributed by atoms with van der Waals surface area (Å²) in [4.78, 5) is 11.4. The summed E-state index contributed by atoms with van der Waals surface area (Å²) < 4.78 is 83.4. The minimum Gasteiger partial charge on any atom is -0.379 e. The molecule has 1 amide bonds. The Kier molecular flexibility index (Phi) is 7.12. The third-order valence-corrected chi connectivity index (χ3v) is 5.58. The molecule has 0 atom stereocenters. The van der Waals surface area contributed by atoms with Crippen molar-refractivity contribution in [3.05, 3.63) is 95.3 Å². The summed E-state index contributed by atoms with van der Waals surface area (Å²) in [6, 6.07) is 14.8. The molecule has 3 aromatic rings. The van der Waals surface area contributed by atoms with Crippen LogP contribution in [0.1, 0.15) is 16.7 Å². The van der Waals surface area contributed by atoms with Gasteiger partial charge in [-0.2, -0.15) is 26.7 Å². The molecule has 6 nitrogen and oxygen atoms in total. The first kappa shape index (κ1) is 23.9. The van der Waals surface area contributed by atoms with E-state index in [1.807, 2.05) is 5.43 Å². The number of alkyl halides is 3. The van der Waals surface area contributed by atoms with Gasteiger partial charge in [-0.1, -0.05) is 36.4 Å². The first-order chi connectivity index (χ1) is 15.6. The van der Waals surface area contributed by atoms with Crippen molar-refractivity contribution in [3.63, 3.8) is 0 Å². The second kappa shape index (κ2) is 9.82. The Balaban J connectivity index is 1.87. The van der Waals surface area contributed by atoms with Gasteiger partial charge in [0.2, 0.25) is 5.91 Å². The van der Waals surface area contributed by atoms with E-state index < -0.39 is 44.0 Å². The molecular formula is C22H16F4N2O4S. The number of benzene rings is 3. The van der Waals surface area contributed by atoms with Crippen LogP contribution in [0.2, 0.25) is 0 Å². The van der Waals surface area contributed by atoms with Crippen molar-refractivity contribution in [1.82, 2.24) is 5.43 Å². The Morgan fingerprint density at radius 2 is 1.67 bits per heavy atom. The second-order valence-corrected chi connectivity index (χ2v) is 8.18. The molecule has 3 aromatic carbocycles. The zero-order valence-electron chi connectivity index (χ0n) is 16.7.